The van der Waals surface area contributed by atoms with Crippen molar-refractivity contribution in [1.29, 1.82) is 0 Å². The Labute approximate surface area is 122 Å². The van der Waals surface area contributed by atoms with E-state index in [0.717, 1.165) is 12.6 Å². The van der Waals surface area contributed by atoms with Crippen molar-refractivity contribution in [2.45, 2.75) is 32.4 Å². The van der Waals surface area contributed by atoms with Crippen LogP contribution >= 0.6 is 0 Å². The molecule has 1 atom stereocenters. The molecule has 1 unspecified atom stereocenters. The molecule has 0 saturated carbocycles. The van der Waals surface area contributed by atoms with Gasteiger partial charge in [-0.05, 0) is 60.8 Å². The molecular weight excluding hydrogens is 244 g/mol. The van der Waals surface area contributed by atoms with E-state index in [1.165, 1.54) is 41.4 Å². The van der Waals surface area contributed by atoms with Crippen LogP contribution in [0.4, 0.5) is 5.69 Å². The fraction of sp³-hybridized carbons (Fsp3) is 0.444. The van der Waals surface area contributed by atoms with E-state index in [0.29, 0.717) is 0 Å². The number of rotatable bonds is 3. The number of benzene rings is 2. The van der Waals surface area contributed by atoms with Crippen molar-refractivity contribution >= 4 is 16.5 Å². The van der Waals surface area contributed by atoms with Crippen molar-refractivity contribution in [1.82, 2.24) is 4.90 Å². The minimum atomic E-state index is 0.738. The Morgan fingerprint density at radius 3 is 2.55 bits per heavy atom. The predicted molar refractivity (Wildman–Crippen MR) is 87.4 cm³/mol. The smallest absolute Gasteiger partial charge is 0.0367 e. The van der Waals surface area contributed by atoms with Gasteiger partial charge in [0, 0.05) is 32.4 Å². The molecule has 2 aromatic carbocycles. The summed E-state index contributed by atoms with van der Waals surface area (Å²) < 4.78 is 0. The monoisotopic (exact) mass is 268 g/mol. The van der Waals surface area contributed by atoms with E-state index < -0.39 is 0 Å². The van der Waals surface area contributed by atoms with Gasteiger partial charge in [-0.15, -0.1) is 0 Å². The number of hydrogen-bond acceptors (Lipinski definition) is 2. The van der Waals surface area contributed by atoms with Crippen LogP contribution in [0.3, 0.4) is 0 Å². The van der Waals surface area contributed by atoms with E-state index in [1.807, 2.05) is 0 Å². The van der Waals surface area contributed by atoms with Gasteiger partial charge < -0.3 is 4.90 Å². The molecule has 1 heterocycles. The minimum absolute atomic E-state index is 0.738. The zero-order chi connectivity index (χ0) is 14.1. The van der Waals surface area contributed by atoms with Gasteiger partial charge in [-0.2, -0.15) is 0 Å². The fourth-order valence-corrected chi connectivity index (χ4v) is 3.12. The number of nitrogens with zero attached hydrogens (tertiary/aromatic N) is 2. The zero-order valence-electron chi connectivity index (χ0n) is 12.8. The van der Waals surface area contributed by atoms with Crippen molar-refractivity contribution in [2.24, 2.45) is 0 Å². The molecule has 0 bridgehead atoms. The van der Waals surface area contributed by atoms with Gasteiger partial charge in [-0.1, -0.05) is 18.2 Å². The molecule has 0 aliphatic carbocycles. The highest BCUT2D eigenvalue weighted by molar-refractivity contribution is 5.86. The first-order chi connectivity index (χ1) is 9.63. The Hall–Kier alpha value is -1.54. The van der Waals surface area contributed by atoms with Crippen LogP contribution in [0, 0.1) is 0 Å². The second-order valence-electron chi connectivity index (χ2n) is 6.22. The Kier molecular flexibility index (Phi) is 3.66. The van der Waals surface area contributed by atoms with Crippen LogP contribution in [-0.4, -0.2) is 31.6 Å². The third-order valence-electron chi connectivity index (χ3n) is 4.48. The lowest BCUT2D eigenvalue weighted by Gasteiger charge is -2.21. The van der Waals surface area contributed by atoms with Crippen LogP contribution in [0.25, 0.3) is 10.8 Å². The molecule has 0 radical (unpaired) electrons. The normalized spacial score (nSPS) is 19.6. The highest BCUT2D eigenvalue weighted by Crippen LogP contribution is 2.24. The van der Waals surface area contributed by atoms with Crippen LogP contribution in [0.15, 0.2) is 36.4 Å². The lowest BCUT2D eigenvalue weighted by atomic mass is 10.1. The quantitative estimate of drug-likeness (QED) is 0.833. The average molecular weight is 268 g/mol. The zero-order valence-corrected chi connectivity index (χ0v) is 12.8. The Balaban J connectivity index is 1.85. The maximum Gasteiger partial charge on any atom is 0.0367 e. The third-order valence-corrected chi connectivity index (χ3v) is 4.48. The van der Waals surface area contributed by atoms with E-state index in [4.69, 9.17) is 0 Å². The first kappa shape index (κ1) is 13.4. The average Bonchev–Trinajstić information content (AvgIpc) is 2.83. The molecule has 2 aromatic rings. The highest BCUT2D eigenvalue weighted by atomic mass is 15.2. The topological polar surface area (TPSA) is 6.48 Å². The SMILES string of the molecule is CC1CCCN1Cc1ccc2cc(N(C)C)ccc2c1. The van der Waals surface area contributed by atoms with E-state index >= 15 is 0 Å². The Morgan fingerprint density at radius 2 is 1.85 bits per heavy atom. The maximum absolute atomic E-state index is 2.59. The first-order valence-electron chi connectivity index (χ1n) is 7.57. The molecule has 1 saturated heterocycles. The summed E-state index contributed by atoms with van der Waals surface area (Å²) in [4.78, 5) is 4.74. The van der Waals surface area contributed by atoms with Crippen LogP contribution in [-0.2, 0) is 6.54 Å². The fourth-order valence-electron chi connectivity index (χ4n) is 3.12. The number of anilines is 1. The van der Waals surface area contributed by atoms with Gasteiger partial charge in [0.2, 0.25) is 0 Å². The van der Waals surface area contributed by atoms with E-state index in [2.05, 4.69) is 67.2 Å². The summed E-state index contributed by atoms with van der Waals surface area (Å²) in [6.07, 6.45) is 2.70. The van der Waals surface area contributed by atoms with Crippen molar-refractivity contribution < 1.29 is 0 Å². The molecule has 2 nitrogen and oxygen atoms in total. The molecule has 0 N–H and O–H groups in total. The van der Waals surface area contributed by atoms with Crippen LogP contribution in [0.5, 0.6) is 0 Å². The molecule has 0 spiro atoms. The van der Waals surface area contributed by atoms with Gasteiger partial charge in [0.15, 0.2) is 0 Å². The van der Waals surface area contributed by atoms with Gasteiger partial charge in [-0.25, -0.2) is 0 Å². The molecule has 106 valence electrons. The molecule has 20 heavy (non-hydrogen) atoms. The molecule has 0 aromatic heterocycles. The summed E-state index contributed by atoms with van der Waals surface area (Å²) in [5, 5.41) is 2.68. The van der Waals surface area contributed by atoms with Crippen LogP contribution in [0.2, 0.25) is 0 Å². The lowest BCUT2D eigenvalue weighted by Crippen LogP contribution is -2.26. The van der Waals surface area contributed by atoms with Gasteiger partial charge in [0.1, 0.15) is 0 Å². The van der Waals surface area contributed by atoms with Crippen LogP contribution in [0.1, 0.15) is 25.3 Å². The Bertz CT molecular complexity index is 603. The number of hydrogen-bond donors (Lipinski definition) is 0. The summed E-state index contributed by atoms with van der Waals surface area (Å²) in [5.41, 5.74) is 2.70. The molecular formula is C18H24N2. The molecule has 1 aliphatic rings. The van der Waals surface area contributed by atoms with Gasteiger partial charge in [-0.3, -0.25) is 4.90 Å². The molecule has 0 amide bonds. The second-order valence-corrected chi connectivity index (χ2v) is 6.22. The standard InChI is InChI=1S/C18H24N2/c1-14-5-4-10-20(14)13-15-6-7-17-12-18(19(2)3)9-8-16(17)11-15/h6-9,11-12,14H,4-5,10,13H2,1-3H3. The van der Waals surface area contributed by atoms with Gasteiger partial charge >= 0.3 is 0 Å². The van der Waals surface area contributed by atoms with Crippen molar-refractivity contribution in [3.63, 3.8) is 0 Å². The summed E-state index contributed by atoms with van der Waals surface area (Å²) in [7, 11) is 4.18. The largest absolute Gasteiger partial charge is 0.378 e. The molecule has 2 heteroatoms. The van der Waals surface area contributed by atoms with E-state index in [1.54, 1.807) is 0 Å². The summed E-state index contributed by atoms with van der Waals surface area (Å²) in [5.74, 6) is 0. The minimum Gasteiger partial charge on any atom is -0.378 e. The van der Waals surface area contributed by atoms with Gasteiger partial charge in [0.25, 0.3) is 0 Å². The summed E-state index contributed by atoms with van der Waals surface area (Å²) >= 11 is 0. The molecule has 1 fully saturated rings. The Morgan fingerprint density at radius 1 is 1.10 bits per heavy atom. The molecule has 1 aliphatic heterocycles. The van der Waals surface area contributed by atoms with E-state index in [9.17, 15) is 0 Å². The maximum atomic E-state index is 2.59. The second kappa shape index (κ2) is 5.45. The third kappa shape index (κ3) is 2.66. The van der Waals surface area contributed by atoms with Crippen molar-refractivity contribution in [2.75, 3.05) is 25.5 Å². The highest BCUT2D eigenvalue weighted by Gasteiger charge is 2.19. The molecule has 3 rings (SSSR count). The number of fused-ring (bicyclic) bond motifs is 1. The summed E-state index contributed by atoms with van der Waals surface area (Å²) in [6, 6.07) is 14.3. The number of likely N-dealkylation sites (tertiary alicyclic amines) is 1. The van der Waals surface area contributed by atoms with E-state index in [-0.39, 0.29) is 0 Å². The van der Waals surface area contributed by atoms with Crippen molar-refractivity contribution in [3.05, 3.63) is 42.0 Å². The predicted octanol–water partition coefficient (Wildman–Crippen LogP) is 3.89. The first-order valence-corrected chi connectivity index (χ1v) is 7.57. The van der Waals surface area contributed by atoms with Crippen LogP contribution < -0.4 is 4.90 Å². The lowest BCUT2D eigenvalue weighted by molar-refractivity contribution is 0.260. The summed E-state index contributed by atoms with van der Waals surface area (Å²) in [6.45, 7) is 4.68. The van der Waals surface area contributed by atoms with Gasteiger partial charge in [0.05, 0.1) is 0 Å². The van der Waals surface area contributed by atoms with Crippen molar-refractivity contribution in [3.8, 4) is 0 Å².